The number of furan rings is 1. The van der Waals surface area contributed by atoms with Gasteiger partial charge >= 0.3 is 5.97 Å². The van der Waals surface area contributed by atoms with E-state index in [2.05, 4.69) is 12.1 Å². The lowest BCUT2D eigenvalue weighted by molar-refractivity contribution is 0.0695. The van der Waals surface area contributed by atoms with Gasteiger partial charge in [0.1, 0.15) is 17.1 Å². The number of carbonyl (C=O) groups is 1. The van der Waals surface area contributed by atoms with Gasteiger partial charge in [-0.15, -0.1) is 11.8 Å². The van der Waals surface area contributed by atoms with Gasteiger partial charge in [0.05, 0.1) is 5.75 Å². The normalized spacial score (nSPS) is 10.5. The van der Waals surface area contributed by atoms with Crippen LogP contribution in [0.2, 0.25) is 0 Å². The second-order valence-corrected chi connectivity index (χ2v) is 4.95. The van der Waals surface area contributed by atoms with E-state index >= 15 is 0 Å². The van der Waals surface area contributed by atoms with E-state index in [0.717, 1.165) is 5.75 Å². The molecule has 0 unspecified atom stereocenters. The van der Waals surface area contributed by atoms with Gasteiger partial charge in [-0.3, -0.25) is 0 Å². The SMILES string of the molecule is Cc1oc(CSCc2ccccc2)cc1C(=O)O. The van der Waals surface area contributed by atoms with E-state index in [1.165, 1.54) is 5.56 Å². The molecule has 0 aliphatic rings. The highest BCUT2D eigenvalue weighted by Crippen LogP contribution is 2.22. The molecule has 4 heteroatoms. The second-order valence-electron chi connectivity index (χ2n) is 3.97. The standard InChI is InChI=1S/C14H14O3S/c1-10-13(14(15)16)7-12(17-10)9-18-8-11-5-3-2-4-6-11/h2-7H,8-9H2,1H3,(H,15,16). The molecule has 0 aliphatic carbocycles. The molecule has 0 aliphatic heterocycles. The maximum absolute atomic E-state index is 10.9. The van der Waals surface area contributed by atoms with Crippen LogP contribution in [0.25, 0.3) is 0 Å². The van der Waals surface area contributed by atoms with Crippen LogP contribution in [0.5, 0.6) is 0 Å². The minimum absolute atomic E-state index is 0.255. The van der Waals surface area contributed by atoms with Crippen molar-refractivity contribution in [1.82, 2.24) is 0 Å². The first-order valence-electron chi connectivity index (χ1n) is 5.61. The minimum atomic E-state index is -0.935. The van der Waals surface area contributed by atoms with Crippen molar-refractivity contribution in [2.75, 3.05) is 0 Å². The van der Waals surface area contributed by atoms with Crippen LogP contribution in [-0.2, 0) is 11.5 Å². The predicted octanol–water partition coefficient (Wildman–Crippen LogP) is 3.72. The molecule has 0 saturated carbocycles. The summed E-state index contributed by atoms with van der Waals surface area (Å²) in [7, 11) is 0. The Morgan fingerprint density at radius 3 is 2.61 bits per heavy atom. The highest BCUT2D eigenvalue weighted by molar-refractivity contribution is 7.97. The van der Waals surface area contributed by atoms with Crippen molar-refractivity contribution in [1.29, 1.82) is 0 Å². The Balaban J connectivity index is 1.91. The molecule has 1 N–H and O–H groups in total. The average molecular weight is 262 g/mol. The Kier molecular flexibility index (Phi) is 4.10. The van der Waals surface area contributed by atoms with Gasteiger partial charge in [-0.2, -0.15) is 0 Å². The van der Waals surface area contributed by atoms with Crippen molar-refractivity contribution in [2.24, 2.45) is 0 Å². The molecule has 0 saturated heterocycles. The Hall–Kier alpha value is -1.68. The molecule has 0 bridgehead atoms. The summed E-state index contributed by atoms with van der Waals surface area (Å²) < 4.78 is 5.41. The van der Waals surface area contributed by atoms with E-state index in [4.69, 9.17) is 9.52 Å². The number of aryl methyl sites for hydroxylation is 1. The van der Waals surface area contributed by atoms with Crippen molar-refractivity contribution in [3.8, 4) is 0 Å². The van der Waals surface area contributed by atoms with E-state index in [1.54, 1.807) is 24.8 Å². The molecule has 94 valence electrons. The molecule has 1 aromatic heterocycles. The summed E-state index contributed by atoms with van der Waals surface area (Å²) in [6.45, 7) is 1.68. The van der Waals surface area contributed by atoms with Crippen molar-refractivity contribution in [3.63, 3.8) is 0 Å². The third kappa shape index (κ3) is 3.17. The predicted molar refractivity (Wildman–Crippen MR) is 71.8 cm³/mol. The second kappa shape index (κ2) is 5.78. The zero-order valence-electron chi connectivity index (χ0n) is 10.1. The summed E-state index contributed by atoms with van der Waals surface area (Å²) in [5.41, 5.74) is 1.51. The van der Waals surface area contributed by atoms with Crippen LogP contribution < -0.4 is 0 Å². The van der Waals surface area contributed by atoms with Gasteiger partial charge in [-0.25, -0.2) is 4.79 Å². The number of hydrogen-bond acceptors (Lipinski definition) is 3. The lowest BCUT2D eigenvalue weighted by Gasteiger charge is -1.99. The van der Waals surface area contributed by atoms with Crippen molar-refractivity contribution >= 4 is 17.7 Å². The average Bonchev–Trinajstić information content (AvgIpc) is 2.72. The molecular formula is C14H14O3S. The number of aromatic carboxylic acids is 1. The van der Waals surface area contributed by atoms with Crippen LogP contribution in [0.3, 0.4) is 0 Å². The number of hydrogen-bond donors (Lipinski definition) is 1. The van der Waals surface area contributed by atoms with Gasteiger partial charge in [0, 0.05) is 5.75 Å². The first-order chi connectivity index (χ1) is 8.66. The highest BCUT2D eigenvalue weighted by atomic mass is 32.2. The fourth-order valence-electron chi connectivity index (χ4n) is 1.67. The topological polar surface area (TPSA) is 50.4 Å². The van der Waals surface area contributed by atoms with Gasteiger partial charge in [0.15, 0.2) is 0 Å². The van der Waals surface area contributed by atoms with Gasteiger partial charge in [-0.1, -0.05) is 30.3 Å². The quantitative estimate of drug-likeness (QED) is 0.892. The summed E-state index contributed by atoms with van der Waals surface area (Å²) in [6.07, 6.45) is 0. The molecule has 3 nitrogen and oxygen atoms in total. The first-order valence-corrected chi connectivity index (χ1v) is 6.76. The van der Waals surface area contributed by atoms with Gasteiger partial charge in [0.25, 0.3) is 0 Å². The molecule has 0 radical (unpaired) electrons. The van der Waals surface area contributed by atoms with Crippen molar-refractivity contribution in [3.05, 3.63) is 59.0 Å². The van der Waals surface area contributed by atoms with Crippen molar-refractivity contribution in [2.45, 2.75) is 18.4 Å². The monoisotopic (exact) mass is 262 g/mol. The van der Waals surface area contributed by atoms with Crippen LogP contribution in [-0.4, -0.2) is 11.1 Å². The molecule has 0 amide bonds. The summed E-state index contributed by atoms with van der Waals surface area (Å²) in [5.74, 6) is 1.82. The fourth-order valence-corrected chi connectivity index (χ4v) is 2.54. The zero-order chi connectivity index (χ0) is 13.0. The van der Waals surface area contributed by atoms with Gasteiger partial charge in [0.2, 0.25) is 0 Å². The Morgan fingerprint density at radius 1 is 1.28 bits per heavy atom. The number of carboxylic acid groups (broad SMARTS) is 1. The van der Waals surface area contributed by atoms with E-state index in [0.29, 0.717) is 17.3 Å². The molecule has 0 spiro atoms. The number of carboxylic acids is 1. The Bertz CT molecular complexity index is 531. The lowest BCUT2D eigenvalue weighted by atomic mass is 10.2. The van der Waals surface area contributed by atoms with Crippen LogP contribution in [0, 0.1) is 6.92 Å². The van der Waals surface area contributed by atoms with E-state index in [1.807, 2.05) is 18.2 Å². The summed E-state index contributed by atoms with van der Waals surface area (Å²) in [6, 6.07) is 11.8. The van der Waals surface area contributed by atoms with E-state index in [-0.39, 0.29) is 5.56 Å². The number of rotatable bonds is 5. The largest absolute Gasteiger partial charge is 0.478 e. The van der Waals surface area contributed by atoms with Gasteiger partial charge < -0.3 is 9.52 Å². The first kappa shape index (κ1) is 12.8. The summed E-state index contributed by atoms with van der Waals surface area (Å²) >= 11 is 1.71. The maximum atomic E-state index is 10.9. The minimum Gasteiger partial charge on any atom is -0.478 e. The van der Waals surface area contributed by atoms with Crippen LogP contribution >= 0.6 is 11.8 Å². The molecule has 18 heavy (non-hydrogen) atoms. The third-order valence-corrected chi connectivity index (χ3v) is 3.58. The maximum Gasteiger partial charge on any atom is 0.339 e. The molecule has 1 heterocycles. The number of thioether (sulfide) groups is 1. The third-order valence-electron chi connectivity index (χ3n) is 2.56. The molecular weight excluding hydrogens is 248 g/mol. The summed E-state index contributed by atoms with van der Waals surface area (Å²) in [5, 5.41) is 8.92. The lowest BCUT2D eigenvalue weighted by Crippen LogP contribution is -1.94. The highest BCUT2D eigenvalue weighted by Gasteiger charge is 2.13. The molecule has 2 rings (SSSR count). The van der Waals surface area contributed by atoms with Gasteiger partial charge in [-0.05, 0) is 18.6 Å². The van der Waals surface area contributed by atoms with E-state index < -0.39 is 5.97 Å². The van der Waals surface area contributed by atoms with Crippen LogP contribution in [0.4, 0.5) is 0 Å². The van der Waals surface area contributed by atoms with Crippen LogP contribution in [0.15, 0.2) is 40.8 Å². The van der Waals surface area contributed by atoms with E-state index in [9.17, 15) is 4.79 Å². The molecule has 2 aromatic rings. The molecule has 0 fully saturated rings. The zero-order valence-corrected chi connectivity index (χ0v) is 10.9. The van der Waals surface area contributed by atoms with Crippen molar-refractivity contribution < 1.29 is 14.3 Å². The summed E-state index contributed by atoms with van der Waals surface area (Å²) in [4.78, 5) is 10.9. The number of benzene rings is 1. The Morgan fingerprint density at radius 2 is 2.00 bits per heavy atom. The fraction of sp³-hybridized carbons (Fsp3) is 0.214. The van der Waals surface area contributed by atoms with Crippen LogP contribution in [0.1, 0.15) is 27.4 Å². The molecule has 0 atom stereocenters. The smallest absolute Gasteiger partial charge is 0.339 e. The Labute approximate surface area is 110 Å². The molecule has 1 aromatic carbocycles.